The van der Waals surface area contributed by atoms with Crippen molar-refractivity contribution >= 4 is 5.78 Å². The highest BCUT2D eigenvalue weighted by molar-refractivity contribution is 5.94. The molecular weight excluding hydrogens is 390 g/mol. The molecule has 6 heteroatoms. The highest BCUT2D eigenvalue weighted by atomic mass is 16.5. The Hall–Kier alpha value is -2.44. The molecule has 2 fully saturated rings. The fourth-order valence-electron chi connectivity index (χ4n) is 4.44. The first-order valence-electron chi connectivity index (χ1n) is 11.4. The van der Waals surface area contributed by atoms with Crippen molar-refractivity contribution < 1.29 is 14.3 Å². The standard InChI is InChI=1S/C25H33N3O3/c1-3-4-25(29)21(26)5-8-28-14-20(13-24(28)19-7-10-31-16-19)23-12-17(2)11-22(27-23)18-6-9-30-15-18/h5,11-14,18-19H,3-4,6-10,15-16,26H2,1-2H3/b21-5-. The topological polar surface area (TPSA) is 79.4 Å². The van der Waals surface area contributed by atoms with Crippen LogP contribution in [0.4, 0.5) is 0 Å². The molecule has 2 aromatic rings. The van der Waals surface area contributed by atoms with Crippen molar-refractivity contribution in [3.05, 3.63) is 53.1 Å². The van der Waals surface area contributed by atoms with E-state index in [0.29, 0.717) is 30.5 Å². The molecule has 0 saturated carbocycles. The Bertz CT molecular complexity index is 951. The number of aromatic nitrogens is 2. The fourth-order valence-corrected chi connectivity index (χ4v) is 4.44. The average Bonchev–Trinajstić information content (AvgIpc) is 3.53. The second kappa shape index (κ2) is 9.79. The maximum atomic E-state index is 12.1. The van der Waals surface area contributed by atoms with Crippen LogP contribution in [0.25, 0.3) is 11.3 Å². The van der Waals surface area contributed by atoms with E-state index in [4.69, 9.17) is 20.2 Å². The third-order valence-corrected chi connectivity index (χ3v) is 6.22. The summed E-state index contributed by atoms with van der Waals surface area (Å²) in [5.74, 6) is 0.738. The molecule has 2 aliphatic heterocycles. The number of aryl methyl sites for hydroxylation is 1. The lowest BCUT2D eigenvalue weighted by atomic mass is 10.0. The van der Waals surface area contributed by atoms with Gasteiger partial charge in [0.2, 0.25) is 0 Å². The molecule has 31 heavy (non-hydrogen) atoms. The van der Waals surface area contributed by atoms with Crippen molar-refractivity contribution in [1.82, 2.24) is 9.55 Å². The Morgan fingerprint density at radius 3 is 2.61 bits per heavy atom. The van der Waals surface area contributed by atoms with E-state index in [1.807, 2.05) is 13.0 Å². The number of carbonyl (C=O) groups excluding carboxylic acids is 1. The van der Waals surface area contributed by atoms with Gasteiger partial charge in [0.05, 0.1) is 24.6 Å². The predicted molar refractivity (Wildman–Crippen MR) is 121 cm³/mol. The van der Waals surface area contributed by atoms with Gasteiger partial charge in [0.25, 0.3) is 0 Å². The lowest BCUT2D eigenvalue weighted by molar-refractivity contribution is -0.115. The SMILES string of the molecule is CCCC(=O)/C(N)=C/Cn1cc(-c2cc(C)cc(C3CCOC3)n2)cc1C1CCOC1. The van der Waals surface area contributed by atoms with Crippen LogP contribution in [0.1, 0.15) is 61.4 Å². The summed E-state index contributed by atoms with van der Waals surface area (Å²) < 4.78 is 13.4. The molecule has 0 radical (unpaired) electrons. The number of carbonyl (C=O) groups is 1. The minimum absolute atomic E-state index is 0.0180. The van der Waals surface area contributed by atoms with Gasteiger partial charge in [-0.05, 0) is 56.0 Å². The second-order valence-electron chi connectivity index (χ2n) is 8.71. The number of pyridine rings is 1. The second-order valence-corrected chi connectivity index (χ2v) is 8.71. The van der Waals surface area contributed by atoms with Crippen molar-refractivity contribution in [2.24, 2.45) is 5.73 Å². The largest absolute Gasteiger partial charge is 0.396 e. The Labute approximate surface area is 184 Å². The lowest BCUT2D eigenvalue weighted by Crippen LogP contribution is -2.13. The minimum atomic E-state index is 0.0180. The number of hydrogen-bond acceptors (Lipinski definition) is 5. The summed E-state index contributed by atoms with van der Waals surface area (Å²) in [7, 11) is 0. The van der Waals surface area contributed by atoms with Crippen LogP contribution in [-0.2, 0) is 20.8 Å². The summed E-state index contributed by atoms with van der Waals surface area (Å²) in [4.78, 5) is 17.1. The fraction of sp³-hybridized carbons (Fsp3) is 0.520. The smallest absolute Gasteiger partial charge is 0.178 e. The third kappa shape index (κ3) is 5.08. The van der Waals surface area contributed by atoms with Gasteiger partial charge >= 0.3 is 0 Å². The highest BCUT2D eigenvalue weighted by Gasteiger charge is 2.24. The van der Waals surface area contributed by atoms with Crippen molar-refractivity contribution in [3.63, 3.8) is 0 Å². The van der Waals surface area contributed by atoms with E-state index in [9.17, 15) is 4.79 Å². The number of ketones is 1. The van der Waals surface area contributed by atoms with Crippen LogP contribution in [0, 0.1) is 6.92 Å². The molecule has 2 atom stereocenters. The molecule has 0 aromatic carbocycles. The molecule has 0 bridgehead atoms. The molecule has 4 rings (SSSR count). The van der Waals surface area contributed by atoms with Gasteiger partial charge in [0.15, 0.2) is 5.78 Å². The number of allylic oxidation sites excluding steroid dienone is 2. The molecule has 166 valence electrons. The molecule has 4 heterocycles. The Balaban J connectivity index is 1.65. The Kier molecular flexibility index (Phi) is 6.88. The summed E-state index contributed by atoms with van der Waals surface area (Å²) in [6.07, 6.45) is 7.30. The number of hydrogen-bond donors (Lipinski definition) is 1. The highest BCUT2D eigenvalue weighted by Crippen LogP contribution is 2.32. The molecule has 0 amide bonds. The predicted octanol–water partition coefficient (Wildman–Crippen LogP) is 4.08. The van der Waals surface area contributed by atoms with Crippen molar-refractivity contribution in [2.75, 3.05) is 26.4 Å². The third-order valence-electron chi connectivity index (χ3n) is 6.22. The number of rotatable bonds is 8. The lowest BCUT2D eigenvalue weighted by Gasteiger charge is -2.12. The molecule has 2 N–H and O–H groups in total. The molecule has 2 unspecified atom stereocenters. The zero-order valence-corrected chi connectivity index (χ0v) is 18.6. The van der Waals surface area contributed by atoms with E-state index < -0.39 is 0 Å². The van der Waals surface area contributed by atoms with Crippen molar-refractivity contribution in [2.45, 2.75) is 57.9 Å². The molecule has 2 saturated heterocycles. The van der Waals surface area contributed by atoms with Crippen LogP contribution in [0.2, 0.25) is 0 Å². The Morgan fingerprint density at radius 1 is 1.19 bits per heavy atom. The maximum Gasteiger partial charge on any atom is 0.178 e. The van der Waals surface area contributed by atoms with Gasteiger partial charge in [-0.15, -0.1) is 0 Å². The summed E-state index contributed by atoms with van der Waals surface area (Å²) in [5, 5.41) is 0. The minimum Gasteiger partial charge on any atom is -0.396 e. The summed E-state index contributed by atoms with van der Waals surface area (Å²) in [6, 6.07) is 6.55. The number of Topliss-reactive ketones (excluding diaryl/α,β-unsaturated/α-hetero) is 1. The Morgan fingerprint density at radius 2 is 1.94 bits per heavy atom. The van der Waals surface area contributed by atoms with Gasteiger partial charge in [-0.2, -0.15) is 0 Å². The molecule has 0 spiro atoms. The van der Waals surface area contributed by atoms with Gasteiger partial charge < -0.3 is 19.8 Å². The summed E-state index contributed by atoms with van der Waals surface area (Å²) >= 11 is 0. The number of nitrogens with zero attached hydrogens (tertiary/aromatic N) is 2. The van der Waals surface area contributed by atoms with Crippen LogP contribution in [0.15, 0.2) is 36.2 Å². The van der Waals surface area contributed by atoms with E-state index in [1.165, 1.54) is 11.3 Å². The van der Waals surface area contributed by atoms with Crippen molar-refractivity contribution in [3.8, 4) is 11.3 Å². The first kappa shape index (κ1) is 21.8. The molecule has 2 aromatic heterocycles. The van der Waals surface area contributed by atoms with E-state index in [0.717, 1.165) is 62.6 Å². The normalized spacial score (nSPS) is 21.7. The number of ether oxygens (including phenoxy) is 2. The van der Waals surface area contributed by atoms with Gasteiger partial charge in [0, 0.05) is 61.2 Å². The van der Waals surface area contributed by atoms with E-state index in [1.54, 1.807) is 0 Å². The molecule has 0 aliphatic carbocycles. The zero-order chi connectivity index (χ0) is 21.8. The first-order valence-corrected chi connectivity index (χ1v) is 11.4. The van der Waals surface area contributed by atoms with Crippen LogP contribution < -0.4 is 5.73 Å². The van der Waals surface area contributed by atoms with E-state index >= 15 is 0 Å². The average molecular weight is 424 g/mol. The summed E-state index contributed by atoms with van der Waals surface area (Å²) in [5.41, 5.74) is 12.0. The first-order chi connectivity index (χ1) is 15.0. The molecule has 6 nitrogen and oxygen atoms in total. The number of nitrogens with two attached hydrogens (primary N) is 1. The van der Waals surface area contributed by atoms with Crippen LogP contribution >= 0.6 is 0 Å². The zero-order valence-electron chi connectivity index (χ0n) is 18.6. The quantitative estimate of drug-likeness (QED) is 0.647. The maximum absolute atomic E-state index is 12.1. The van der Waals surface area contributed by atoms with E-state index in [-0.39, 0.29) is 5.78 Å². The van der Waals surface area contributed by atoms with Crippen LogP contribution in [0.5, 0.6) is 0 Å². The van der Waals surface area contributed by atoms with E-state index in [2.05, 4.69) is 35.9 Å². The van der Waals surface area contributed by atoms with Crippen molar-refractivity contribution in [1.29, 1.82) is 0 Å². The van der Waals surface area contributed by atoms with Crippen LogP contribution in [-0.4, -0.2) is 41.8 Å². The molecule has 2 aliphatic rings. The summed E-state index contributed by atoms with van der Waals surface area (Å²) in [6.45, 7) is 7.75. The van der Waals surface area contributed by atoms with Gasteiger partial charge in [-0.3, -0.25) is 9.78 Å². The molecular formula is C25H33N3O3. The van der Waals surface area contributed by atoms with Gasteiger partial charge in [0.1, 0.15) is 0 Å². The van der Waals surface area contributed by atoms with Gasteiger partial charge in [-0.1, -0.05) is 6.92 Å². The van der Waals surface area contributed by atoms with Gasteiger partial charge in [-0.25, -0.2) is 0 Å². The monoisotopic (exact) mass is 423 g/mol. The van der Waals surface area contributed by atoms with Crippen LogP contribution in [0.3, 0.4) is 0 Å².